The Morgan fingerprint density at radius 3 is 2.23 bits per heavy atom. The molecule has 0 saturated carbocycles. The van der Waals surface area contributed by atoms with E-state index in [1.165, 1.54) is 30.0 Å². The number of thioether (sulfide) groups is 1. The Morgan fingerprint density at radius 2 is 1.77 bits per heavy atom. The maximum atomic E-state index is 13.2. The van der Waals surface area contributed by atoms with Gasteiger partial charge in [0.2, 0.25) is 0 Å². The van der Waals surface area contributed by atoms with Crippen LogP contribution in [0.4, 0.5) is 18.9 Å². The Balaban J connectivity index is 0.000000656. The standard InChI is InChI=1S/C16H13ClF3NO2S.C5H12O/c1-8(22)7-24-14-4-9(2-3-11(14)17)16(23)21-10-5-12(18)15(20)13(19)6-10;1-3-5(2)4-6/h2-6,8,22H,7H2,1H3,(H,21,23);5-6H,3-4H2,1-2H3. The van der Waals surface area contributed by atoms with Crippen LogP contribution in [0.15, 0.2) is 35.2 Å². The van der Waals surface area contributed by atoms with Crippen LogP contribution in [-0.4, -0.2) is 34.6 Å². The van der Waals surface area contributed by atoms with Crippen molar-refractivity contribution in [2.45, 2.75) is 38.2 Å². The Bertz CT molecular complexity index is 825. The molecule has 0 radical (unpaired) electrons. The van der Waals surface area contributed by atoms with Gasteiger partial charge >= 0.3 is 0 Å². The van der Waals surface area contributed by atoms with E-state index in [1.54, 1.807) is 6.92 Å². The number of rotatable bonds is 7. The lowest BCUT2D eigenvalue weighted by Gasteiger charge is -2.10. The van der Waals surface area contributed by atoms with E-state index in [0.717, 1.165) is 6.42 Å². The SMILES string of the molecule is CC(O)CSc1cc(C(=O)Nc2cc(F)c(F)c(F)c2)ccc1Cl.CCC(C)CO. The first-order valence-corrected chi connectivity index (χ1v) is 10.6. The van der Waals surface area contributed by atoms with Gasteiger partial charge in [-0.2, -0.15) is 0 Å². The number of anilines is 1. The molecule has 0 heterocycles. The number of carbonyl (C=O) groups is 1. The number of aliphatic hydroxyl groups is 2. The van der Waals surface area contributed by atoms with Crippen LogP contribution < -0.4 is 5.32 Å². The Hall–Kier alpha value is -1.74. The van der Waals surface area contributed by atoms with Crippen molar-refractivity contribution in [2.75, 3.05) is 17.7 Å². The number of aliphatic hydroxyl groups excluding tert-OH is 2. The van der Waals surface area contributed by atoms with E-state index in [2.05, 4.69) is 12.2 Å². The Kier molecular flexibility index (Phi) is 11.3. The highest BCUT2D eigenvalue weighted by atomic mass is 35.5. The number of carbonyl (C=O) groups excluding carboxylic acids is 1. The van der Waals surface area contributed by atoms with Crippen molar-refractivity contribution in [3.8, 4) is 0 Å². The first-order chi connectivity index (χ1) is 14.1. The summed E-state index contributed by atoms with van der Waals surface area (Å²) in [4.78, 5) is 12.8. The molecular weight excluding hydrogens is 439 g/mol. The van der Waals surface area contributed by atoms with Crippen molar-refractivity contribution in [3.63, 3.8) is 0 Å². The molecular formula is C21H25ClF3NO3S. The summed E-state index contributed by atoms with van der Waals surface area (Å²) in [6.45, 7) is 6.05. The average molecular weight is 464 g/mol. The van der Waals surface area contributed by atoms with Crippen molar-refractivity contribution < 1.29 is 28.2 Å². The van der Waals surface area contributed by atoms with E-state index >= 15 is 0 Å². The summed E-state index contributed by atoms with van der Waals surface area (Å²) in [6, 6.07) is 5.83. The van der Waals surface area contributed by atoms with Gasteiger partial charge in [0.05, 0.1) is 11.1 Å². The van der Waals surface area contributed by atoms with Crippen LogP contribution in [0.25, 0.3) is 0 Å². The van der Waals surface area contributed by atoms with Crippen LogP contribution in [0.1, 0.15) is 37.6 Å². The molecule has 30 heavy (non-hydrogen) atoms. The molecule has 2 rings (SSSR count). The van der Waals surface area contributed by atoms with Gasteiger partial charge in [0.15, 0.2) is 17.5 Å². The summed E-state index contributed by atoms with van der Waals surface area (Å²) in [5.74, 6) is -4.14. The number of benzene rings is 2. The lowest BCUT2D eigenvalue weighted by molar-refractivity contribution is 0.102. The molecule has 1 amide bonds. The molecule has 3 N–H and O–H groups in total. The third-order valence-electron chi connectivity index (χ3n) is 3.92. The zero-order valence-electron chi connectivity index (χ0n) is 16.9. The molecule has 2 unspecified atom stereocenters. The molecule has 0 saturated heterocycles. The fourth-order valence-corrected chi connectivity index (χ4v) is 3.04. The van der Waals surface area contributed by atoms with Crippen LogP contribution in [0.3, 0.4) is 0 Å². The third-order valence-corrected chi connectivity index (χ3v) is 5.66. The zero-order valence-corrected chi connectivity index (χ0v) is 18.5. The fraction of sp³-hybridized carbons (Fsp3) is 0.381. The summed E-state index contributed by atoms with van der Waals surface area (Å²) in [5.41, 5.74) is 0.00201. The minimum Gasteiger partial charge on any atom is -0.396 e. The maximum Gasteiger partial charge on any atom is 0.255 e. The van der Waals surface area contributed by atoms with Crippen LogP contribution in [0.5, 0.6) is 0 Å². The molecule has 0 aliphatic carbocycles. The molecule has 4 nitrogen and oxygen atoms in total. The maximum absolute atomic E-state index is 13.2. The molecule has 0 aliphatic rings. The van der Waals surface area contributed by atoms with E-state index in [0.29, 0.717) is 40.3 Å². The Labute approximate surface area is 183 Å². The summed E-state index contributed by atoms with van der Waals surface area (Å²) in [5, 5.41) is 20.3. The molecule has 0 bridgehead atoms. The highest BCUT2D eigenvalue weighted by Crippen LogP contribution is 2.29. The van der Waals surface area contributed by atoms with Crippen LogP contribution >= 0.6 is 23.4 Å². The topological polar surface area (TPSA) is 69.6 Å². The molecule has 0 aliphatic heterocycles. The largest absolute Gasteiger partial charge is 0.396 e. The number of hydrogen-bond acceptors (Lipinski definition) is 4. The van der Waals surface area contributed by atoms with E-state index in [9.17, 15) is 23.1 Å². The molecule has 2 aromatic rings. The molecule has 2 aromatic carbocycles. The highest BCUT2D eigenvalue weighted by Gasteiger charge is 2.14. The molecule has 9 heteroatoms. The normalized spacial score (nSPS) is 12.6. The minimum atomic E-state index is -1.60. The predicted octanol–water partition coefficient (Wildman–Crippen LogP) is 5.51. The second-order valence-corrected chi connectivity index (χ2v) is 8.18. The van der Waals surface area contributed by atoms with Crippen molar-refractivity contribution in [1.82, 2.24) is 0 Å². The van der Waals surface area contributed by atoms with Gasteiger partial charge in [-0.15, -0.1) is 11.8 Å². The van der Waals surface area contributed by atoms with Gasteiger partial charge in [0.25, 0.3) is 5.91 Å². The molecule has 0 spiro atoms. The minimum absolute atomic E-state index is 0.204. The second-order valence-electron chi connectivity index (χ2n) is 6.71. The van der Waals surface area contributed by atoms with Gasteiger partial charge in [0, 0.05) is 40.6 Å². The molecule has 2 atom stereocenters. The van der Waals surface area contributed by atoms with E-state index in [1.807, 2.05) is 6.92 Å². The van der Waals surface area contributed by atoms with Crippen molar-refractivity contribution >= 4 is 35.0 Å². The molecule has 166 valence electrons. The van der Waals surface area contributed by atoms with Gasteiger partial charge < -0.3 is 15.5 Å². The Morgan fingerprint density at radius 1 is 1.17 bits per heavy atom. The molecule has 0 aromatic heterocycles. The van der Waals surface area contributed by atoms with Gasteiger partial charge in [0.1, 0.15) is 0 Å². The summed E-state index contributed by atoms with van der Waals surface area (Å²) in [7, 11) is 0. The second kappa shape index (κ2) is 12.8. The third kappa shape index (κ3) is 8.55. The van der Waals surface area contributed by atoms with E-state index in [-0.39, 0.29) is 11.3 Å². The summed E-state index contributed by atoms with van der Waals surface area (Å²) >= 11 is 7.30. The van der Waals surface area contributed by atoms with Gasteiger partial charge in [-0.05, 0) is 31.0 Å². The van der Waals surface area contributed by atoms with Crippen LogP contribution in [-0.2, 0) is 0 Å². The van der Waals surface area contributed by atoms with E-state index < -0.39 is 29.5 Å². The number of nitrogens with one attached hydrogen (secondary N) is 1. The van der Waals surface area contributed by atoms with Crippen molar-refractivity contribution in [1.29, 1.82) is 0 Å². The quantitative estimate of drug-likeness (QED) is 0.374. The van der Waals surface area contributed by atoms with Gasteiger partial charge in [-0.1, -0.05) is 31.9 Å². The number of hydrogen-bond donors (Lipinski definition) is 3. The van der Waals surface area contributed by atoms with E-state index in [4.69, 9.17) is 16.7 Å². The lowest BCUT2D eigenvalue weighted by Crippen LogP contribution is -2.13. The average Bonchev–Trinajstić information content (AvgIpc) is 2.70. The fourth-order valence-electron chi connectivity index (χ4n) is 1.93. The van der Waals surface area contributed by atoms with Crippen LogP contribution in [0, 0.1) is 23.4 Å². The first-order valence-electron chi connectivity index (χ1n) is 9.26. The first kappa shape index (κ1) is 26.3. The van der Waals surface area contributed by atoms with Crippen molar-refractivity contribution in [2.24, 2.45) is 5.92 Å². The highest BCUT2D eigenvalue weighted by molar-refractivity contribution is 7.99. The van der Waals surface area contributed by atoms with Crippen molar-refractivity contribution in [3.05, 3.63) is 58.4 Å². The predicted molar refractivity (Wildman–Crippen MR) is 115 cm³/mol. The van der Waals surface area contributed by atoms with Crippen LogP contribution in [0.2, 0.25) is 5.02 Å². The summed E-state index contributed by atoms with van der Waals surface area (Å²) in [6.07, 6.45) is 0.532. The smallest absolute Gasteiger partial charge is 0.255 e. The molecule has 0 fully saturated rings. The summed E-state index contributed by atoms with van der Waals surface area (Å²) < 4.78 is 39.3. The lowest BCUT2D eigenvalue weighted by atomic mass is 10.1. The number of amides is 1. The monoisotopic (exact) mass is 463 g/mol. The zero-order chi connectivity index (χ0) is 22.8. The van der Waals surface area contributed by atoms with Gasteiger partial charge in [-0.3, -0.25) is 4.79 Å². The number of halogens is 4. The van der Waals surface area contributed by atoms with Gasteiger partial charge in [-0.25, -0.2) is 13.2 Å².